The van der Waals surface area contributed by atoms with Gasteiger partial charge in [-0.2, -0.15) is 18.4 Å². The largest absolute Gasteiger partial charge is 0.457 e. The maximum absolute atomic E-state index is 13.8. The van der Waals surface area contributed by atoms with Crippen LogP contribution in [-0.4, -0.2) is 51.8 Å². The number of amides is 1. The zero-order chi connectivity index (χ0) is 26.0. The first-order chi connectivity index (χ1) is 17.0. The predicted octanol–water partition coefficient (Wildman–Crippen LogP) is 4.35. The van der Waals surface area contributed by atoms with E-state index >= 15 is 0 Å². The number of nitrogens with one attached hydrogen (secondary N) is 2. The number of aromatic nitrogens is 1. The lowest BCUT2D eigenvalue weighted by molar-refractivity contribution is -0.384. The first-order valence-electron chi connectivity index (χ1n) is 10.7. The van der Waals surface area contributed by atoms with Gasteiger partial charge >= 0.3 is 6.30 Å². The van der Waals surface area contributed by atoms with Crippen molar-refractivity contribution in [2.24, 2.45) is 0 Å². The normalized spacial score (nSPS) is 18.7. The van der Waals surface area contributed by atoms with Gasteiger partial charge in [-0.1, -0.05) is 0 Å². The van der Waals surface area contributed by atoms with Gasteiger partial charge in [0, 0.05) is 35.7 Å². The van der Waals surface area contributed by atoms with E-state index in [1.54, 1.807) is 24.3 Å². The number of fused-ring (bicyclic) bond motifs is 1. The number of likely N-dealkylation sites (tertiary alicyclic amines) is 1. The van der Waals surface area contributed by atoms with Gasteiger partial charge in [0.05, 0.1) is 23.6 Å². The van der Waals surface area contributed by atoms with Crippen LogP contribution in [0.25, 0.3) is 10.9 Å². The van der Waals surface area contributed by atoms with Gasteiger partial charge < -0.3 is 14.6 Å². The molecule has 4 rings (SSSR count). The van der Waals surface area contributed by atoms with Crippen LogP contribution in [0.2, 0.25) is 0 Å². The number of aromatic amines is 1. The van der Waals surface area contributed by atoms with Crippen LogP contribution in [0.15, 0.2) is 48.7 Å². The number of H-pyrrole nitrogens is 1. The third-order valence-corrected chi connectivity index (χ3v) is 5.76. The number of carbonyl (C=O) groups excluding carboxylic acids is 1. The fourth-order valence-corrected chi connectivity index (χ4v) is 4.13. The number of halogens is 4. The van der Waals surface area contributed by atoms with Gasteiger partial charge in [-0.05, 0) is 42.3 Å². The molecule has 188 valence electrons. The van der Waals surface area contributed by atoms with Crippen molar-refractivity contribution in [2.75, 3.05) is 6.54 Å². The SMILES string of the molecule is N#C[C@@H]1CC(F)CN1C(=O)[C@H](Cc1c[nH]c2ccc(Oc3ccc([N+](=O)[O-])cc3)cc12)NC(F)(F)F. The topological polar surface area (TPSA) is 124 Å². The Morgan fingerprint density at radius 2 is 1.97 bits per heavy atom. The van der Waals surface area contributed by atoms with Crippen LogP contribution in [0.5, 0.6) is 11.5 Å². The van der Waals surface area contributed by atoms with E-state index in [2.05, 4.69) is 4.98 Å². The molecule has 36 heavy (non-hydrogen) atoms. The smallest absolute Gasteiger partial charge is 0.457 e. The van der Waals surface area contributed by atoms with E-state index in [0.717, 1.165) is 4.90 Å². The van der Waals surface area contributed by atoms with Crippen molar-refractivity contribution < 1.29 is 32.0 Å². The molecule has 3 aromatic rings. The van der Waals surface area contributed by atoms with E-state index in [1.165, 1.54) is 35.8 Å². The van der Waals surface area contributed by atoms with E-state index < -0.39 is 48.4 Å². The second kappa shape index (κ2) is 9.82. The lowest BCUT2D eigenvalue weighted by Gasteiger charge is -2.27. The highest BCUT2D eigenvalue weighted by Crippen LogP contribution is 2.30. The number of nitro groups is 1. The number of hydrogen-bond acceptors (Lipinski definition) is 6. The zero-order valence-corrected chi connectivity index (χ0v) is 18.5. The molecule has 2 aromatic carbocycles. The molecule has 1 aliphatic rings. The molecule has 0 radical (unpaired) electrons. The van der Waals surface area contributed by atoms with Gasteiger partial charge in [-0.25, -0.2) is 9.71 Å². The first kappa shape index (κ1) is 24.9. The van der Waals surface area contributed by atoms with Gasteiger partial charge in [-0.3, -0.25) is 14.9 Å². The molecule has 1 unspecified atom stereocenters. The fraction of sp³-hybridized carbons (Fsp3) is 0.304. The number of nitriles is 1. The Labute approximate surface area is 201 Å². The number of carbonyl (C=O) groups is 1. The van der Waals surface area contributed by atoms with Crippen LogP contribution in [0.4, 0.5) is 23.2 Å². The lowest BCUT2D eigenvalue weighted by Crippen LogP contribution is -2.53. The molecule has 1 aromatic heterocycles. The van der Waals surface area contributed by atoms with Crippen LogP contribution >= 0.6 is 0 Å². The molecule has 1 fully saturated rings. The van der Waals surface area contributed by atoms with Gasteiger partial charge in [0.2, 0.25) is 5.91 Å². The number of rotatable bonds is 7. The quantitative estimate of drug-likeness (QED) is 0.213. The molecule has 2 N–H and O–H groups in total. The maximum Gasteiger partial charge on any atom is 0.457 e. The van der Waals surface area contributed by atoms with Gasteiger partial charge in [0.15, 0.2) is 0 Å². The molecule has 9 nitrogen and oxygen atoms in total. The number of alkyl halides is 4. The third-order valence-electron chi connectivity index (χ3n) is 5.76. The van der Waals surface area contributed by atoms with Crippen LogP contribution in [-0.2, 0) is 11.2 Å². The Hall–Kier alpha value is -4.18. The average Bonchev–Trinajstić information content (AvgIpc) is 3.40. The fourth-order valence-electron chi connectivity index (χ4n) is 4.13. The number of nitro benzene ring substituents is 1. The third kappa shape index (κ3) is 5.55. The summed E-state index contributed by atoms with van der Waals surface area (Å²) in [6.45, 7) is -0.450. The van der Waals surface area contributed by atoms with Crippen LogP contribution in [0, 0.1) is 21.4 Å². The van der Waals surface area contributed by atoms with Crippen LogP contribution < -0.4 is 10.1 Å². The van der Waals surface area contributed by atoms with E-state index in [9.17, 15) is 37.7 Å². The van der Waals surface area contributed by atoms with Crippen molar-refractivity contribution in [2.45, 2.75) is 37.4 Å². The summed E-state index contributed by atoms with van der Waals surface area (Å²) < 4.78 is 59.3. The summed E-state index contributed by atoms with van der Waals surface area (Å²) in [5.41, 5.74) is 0.812. The average molecular weight is 505 g/mol. The Balaban J connectivity index is 1.59. The van der Waals surface area contributed by atoms with E-state index in [0.29, 0.717) is 28.0 Å². The number of nitrogens with zero attached hydrogens (tertiary/aromatic N) is 3. The molecule has 0 aliphatic carbocycles. The van der Waals surface area contributed by atoms with Gasteiger partial charge in [0.1, 0.15) is 23.7 Å². The predicted molar refractivity (Wildman–Crippen MR) is 119 cm³/mol. The van der Waals surface area contributed by atoms with E-state index in [1.807, 2.05) is 0 Å². The number of hydrogen-bond donors (Lipinski definition) is 2. The lowest BCUT2D eigenvalue weighted by atomic mass is 10.0. The second-order valence-electron chi connectivity index (χ2n) is 8.24. The Morgan fingerprint density at radius 1 is 1.28 bits per heavy atom. The summed E-state index contributed by atoms with van der Waals surface area (Å²) in [6, 6.07) is 8.97. The minimum atomic E-state index is -4.90. The second-order valence-corrected chi connectivity index (χ2v) is 8.24. The minimum absolute atomic E-state index is 0.116. The molecule has 0 spiro atoms. The van der Waals surface area contributed by atoms with Crippen molar-refractivity contribution in [3.63, 3.8) is 0 Å². The summed E-state index contributed by atoms with van der Waals surface area (Å²) in [6.07, 6.45) is -5.57. The molecule has 1 saturated heterocycles. The maximum atomic E-state index is 13.8. The Kier molecular flexibility index (Phi) is 6.80. The molecule has 0 saturated carbocycles. The standard InChI is InChI=1S/C23H19F4N5O4/c24-14-8-16(10-28)31(12-14)22(33)21(30-23(25,26)27)7-13-11-29-20-6-5-18(9-19(13)20)36-17-3-1-15(2-4-17)32(34)35/h1-6,9,11,14,16,21,29-30H,7-8,12H2/t14?,16-,21-/m0/s1. The number of ether oxygens (including phenoxy) is 1. The summed E-state index contributed by atoms with van der Waals surface area (Å²) in [4.78, 5) is 27.0. The molecule has 1 amide bonds. The molecule has 3 atom stereocenters. The van der Waals surface area contributed by atoms with Crippen molar-refractivity contribution in [3.05, 3.63) is 64.3 Å². The first-order valence-corrected chi connectivity index (χ1v) is 10.7. The van der Waals surface area contributed by atoms with E-state index in [-0.39, 0.29) is 12.1 Å². The van der Waals surface area contributed by atoms with Crippen molar-refractivity contribution in [1.29, 1.82) is 5.26 Å². The zero-order valence-electron chi connectivity index (χ0n) is 18.5. The van der Waals surface area contributed by atoms with Gasteiger partial charge in [0.25, 0.3) is 5.69 Å². The van der Waals surface area contributed by atoms with Crippen molar-refractivity contribution in [3.8, 4) is 17.6 Å². The highest BCUT2D eigenvalue weighted by atomic mass is 19.4. The van der Waals surface area contributed by atoms with E-state index in [4.69, 9.17) is 4.74 Å². The molecule has 13 heteroatoms. The molecule has 1 aliphatic heterocycles. The summed E-state index contributed by atoms with van der Waals surface area (Å²) >= 11 is 0. The van der Waals surface area contributed by atoms with Crippen molar-refractivity contribution >= 4 is 22.5 Å². The summed E-state index contributed by atoms with van der Waals surface area (Å²) in [7, 11) is 0. The highest BCUT2D eigenvalue weighted by Gasteiger charge is 2.42. The Bertz CT molecular complexity index is 1320. The van der Waals surface area contributed by atoms with Crippen LogP contribution in [0.3, 0.4) is 0 Å². The highest BCUT2D eigenvalue weighted by molar-refractivity contribution is 5.87. The summed E-state index contributed by atoms with van der Waals surface area (Å²) in [5, 5.41) is 21.8. The van der Waals surface area contributed by atoms with Crippen molar-refractivity contribution in [1.82, 2.24) is 15.2 Å². The van der Waals surface area contributed by atoms with Gasteiger partial charge in [-0.15, -0.1) is 0 Å². The number of benzene rings is 2. The number of non-ortho nitro benzene ring substituents is 1. The molecular formula is C23H19F4N5O4. The molecule has 2 heterocycles. The molecular weight excluding hydrogens is 486 g/mol. The molecule has 0 bridgehead atoms. The summed E-state index contributed by atoms with van der Waals surface area (Å²) in [5.74, 6) is -0.402. The van der Waals surface area contributed by atoms with Crippen LogP contribution in [0.1, 0.15) is 12.0 Å². The Morgan fingerprint density at radius 3 is 2.61 bits per heavy atom. The minimum Gasteiger partial charge on any atom is -0.457 e. The monoisotopic (exact) mass is 505 g/mol.